The summed E-state index contributed by atoms with van der Waals surface area (Å²) in [4.78, 5) is 24.4. The number of aromatic nitrogens is 3. The molecule has 20 heavy (non-hydrogen) atoms. The number of H-pyrrole nitrogens is 1. The van der Waals surface area contributed by atoms with Crippen LogP contribution >= 0.6 is 0 Å². The Bertz CT molecular complexity index is 620. The number of rotatable bonds is 3. The zero-order valence-electron chi connectivity index (χ0n) is 10.7. The molecule has 1 aliphatic rings. The van der Waals surface area contributed by atoms with Crippen LogP contribution in [0.5, 0.6) is 0 Å². The molecule has 1 aliphatic heterocycles. The first-order valence-corrected chi connectivity index (χ1v) is 6.31. The van der Waals surface area contributed by atoms with Crippen LogP contribution in [-0.2, 0) is 4.74 Å². The normalized spacial score (nSPS) is 15.3. The summed E-state index contributed by atoms with van der Waals surface area (Å²) in [5, 5.41) is 8.91. The number of nitrogens with zero attached hydrogens (tertiary/aromatic N) is 3. The molecular weight excluding hydrogens is 260 g/mol. The highest BCUT2D eigenvalue weighted by molar-refractivity contribution is 5.87. The van der Waals surface area contributed by atoms with Crippen LogP contribution in [0.25, 0.3) is 11.3 Å². The fourth-order valence-electron chi connectivity index (χ4n) is 2.11. The van der Waals surface area contributed by atoms with E-state index < -0.39 is 5.97 Å². The summed E-state index contributed by atoms with van der Waals surface area (Å²) in [6.07, 6.45) is 4.95. The zero-order chi connectivity index (χ0) is 13.9. The second-order valence-corrected chi connectivity index (χ2v) is 4.47. The minimum Gasteiger partial charge on any atom is -0.477 e. The van der Waals surface area contributed by atoms with Gasteiger partial charge in [-0.15, -0.1) is 0 Å². The van der Waals surface area contributed by atoms with Crippen LogP contribution in [0, 0.1) is 0 Å². The Labute approximate surface area is 115 Å². The van der Waals surface area contributed by atoms with Crippen molar-refractivity contribution in [3.8, 4) is 11.3 Å². The van der Waals surface area contributed by atoms with E-state index in [0.29, 0.717) is 24.5 Å². The minimum absolute atomic E-state index is 0.138. The molecule has 0 radical (unpaired) electrons. The number of carboxylic acid groups (broad SMARTS) is 1. The molecule has 3 rings (SSSR count). The molecule has 2 aromatic rings. The lowest BCUT2D eigenvalue weighted by molar-refractivity contribution is 0.0691. The highest BCUT2D eigenvalue weighted by Gasteiger charge is 2.14. The van der Waals surface area contributed by atoms with Crippen molar-refractivity contribution in [1.29, 1.82) is 0 Å². The Morgan fingerprint density at radius 3 is 2.85 bits per heavy atom. The van der Waals surface area contributed by atoms with Gasteiger partial charge in [0.15, 0.2) is 0 Å². The molecule has 7 nitrogen and oxygen atoms in total. The van der Waals surface area contributed by atoms with Crippen molar-refractivity contribution in [2.45, 2.75) is 0 Å². The van der Waals surface area contributed by atoms with Gasteiger partial charge in [0, 0.05) is 24.8 Å². The van der Waals surface area contributed by atoms with Crippen LogP contribution in [0.15, 0.2) is 24.7 Å². The van der Waals surface area contributed by atoms with E-state index in [-0.39, 0.29) is 5.69 Å². The molecule has 7 heteroatoms. The highest BCUT2D eigenvalue weighted by Crippen LogP contribution is 2.20. The van der Waals surface area contributed by atoms with Crippen molar-refractivity contribution < 1.29 is 14.6 Å². The number of carbonyl (C=O) groups is 1. The van der Waals surface area contributed by atoms with Crippen molar-refractivity contribution >= 4 is 11.8 Å². The predicted molar refractivity (Wildman–Crippen MR) is 71.8 cm³/mol. The predicted octanol–water partition coefficient (Wildman–Crippen LogP) is 1.01. The molecule has 1 saturated heterocycles. The Balaban J connectivity index is 1.87. The largest absolute Gasteiger partial charge is 0.477 e. The number of aromatic amines is 1. The van der Waals surface area contributed by atoms with E-state index in [1.165, 1.54) is 0 Å². The van der Waals surface area contributed by atoms with Crippen molar-refractivity contribution in [2.75, 3.05) is 31.2 Å². The average molecular weight is 274 g/mol. The maximum atomic E-state index is 10.9. The van der Waals surface area contributed by atoms with Gasteiger partial charge in [-0.1, -0.05) is 0 Å². The summed E-state index contributed by atoms with van der Waals surface area (Å²) < 4.78 is 5.31. The van der Waals surface area contributed by atoms with Gasteiger partial charge in [-0.25, -0.2) is 9.78 Å². The average Bonchev–Trinajstić information content (AvgIpc) is 2.98. The summed E-state index contributed by atoms with van der Waals surface area (Å²) in [7, 11) is 0. The van der Waals surface area contributed by atoms with Crippen LogP contribution in [0.1, 0.15) is 10.5 Å². The van der Waals surface area contributed by atoms with Crippen LogP contribution in [-0.4, -0.2) is 52.3 Å². The minimum atomic E-state index is -0.992. The molecule has 2 aromatic heterocycles. The molecule has 0 atom stereocenters. The van der Waals surface area contributed by atoms with Crippen molar-refractivity contribution in [3.05, 3.63) is 30.4 Å². The molecule has 104 valence electrons. The first-order chi connectivity index (χ1) is 9.74. The second kappa shape index (κ2) is 5.30. The summed E-state index contributed by atoms with van der Waals surface area (Å²) in [5.41, 5.74) is 1.50. The molecule has 1 fully saturated rings. The van der Waals surface area contributed by atoms with Crippen LogP contribution in [0.2, 0.25) is 0 Å². The van der Waals surface area contributed by atoms with Crippen molar-refractivity contribution in [1.82, 2.24) is 15.0 Å². The van der Waals surface area contributed by atoms with E-state index in [2.05, 4.69) is 19.9 Å². The molecule has 0 saturated carbocycles. The first kappa shape index (κ1) is 12.6. The van der Waals surface area contributed by atoms with E-state index in [0.717, 1.165) is 18.9 Å². The highest BCUT2D eigenvalue weighted by atomic mass is 16.5. The van der Waals surface area contributed by atoms with Gasteiger partial charge in [-0.05, 0) is 6.07 Å². The van der Waals surface area contributed by atoms with Crippen molar-refractivity contribution in [2.24, 2.45) is 0 Å². The molecule has 3 heterocycles. The van der Waals surface area contributed by atoms with Crippen molar-refractivity contribution in [3.63, 3.8) is 0 Å². The molecular formula is C13H14N4O3. The number of hydrogen-bond acceptors (Lipinski definition) is 5. The summed E-state index contributed by atoms with van der Waals surface area (Å²) in [5.74, 6) is -0.211. The number of nitrogens with one attached hydrogen (secondary N) is 1. The van der Waals surface area contributed by atoms with Gasteiger partial charge in [0.25, 0.3) is 0 Å². The van der Waals surface area contributed by atoms with Gasteiger partial charge in [0.1, 0.15) is 11.5 Å². The molecule has 0 spiro atoms. The van der Waals surface area contributed by atoms with Gasteiger partial charge in [0.05, 0.1) is 31.3 Å². The third-order valence-corrected chi connectivity index (χ3v) is 3.17. The summed E-state index contributed by atoms with van der Waals surface area (Å²) in [6.45, 7) is 2.93. The lowest BCUT2D eigenvalue weighted by atomic mass is 10.2. The van der Waals surface area contributed by atoms with Gasteiger partial charge < -0.3 is 19.7 Å². The molecule has 0 unspecified atom stereocenters. The lowest BCUT2D eigenvalue weighted by Crippen LogP contribution is -2.36. The van der Waals surface area contributed by atoms with E-state index in [4.69, 9.17) is 9.84 Å². The fourth-order valence-corrected chi connectivity index (χ4v) is 2.11. The smallest absolute Gasteiger partial charge is 0.352 e. The van der Waals surface area contributed by atoms with E-state index in [1.807, 2.05) is 0 Å². The summed E-state index contributed by atoms with van der Waals surface area (Å²) in [6, 6.07) is 1.55. The number of hydrogen-bond donors (Lipinski definition) is 2. The molecule has 0 bridgehead atoms. The van der Waals surface area contributed by atoms with Crippen LogP contribution < -0.4 is 4.90 Å². The number of ether oxygens (including phenoxy) is 1. The SMILES string of the molecule is O=C(O)c1cc(-c2cncc(N3CCOCC3)n2)c[nH]1. The second-order valence-electron chi connectivity index (χ2n) is 4.47. The Hall–Kier alpha value is -2.41. The first-order valence-electron chi connectivity index (χ1n) is 6.31. The number of anilines is 1. The Morgan fingerprint density at radius 1 is 1.35 bits per heavy atom. The van der Waals surface area contributed by atoms with Crippen LogP contribution in [0.3, 0.4) is 0 Å². The van der Waals surface area contributed by atoms with Gasteiger partial charge in [-0.2, -0.15) is 0 Å². The number of morpholine rings is 1. The zero-order valence-corrected chi connectivity index (χ0v) is 10.7. The summed E-state index contributed by atoms with van der Waals surface area (Å²) >= 11 is 0. The van der Waals surface area contributed by atoms with Gasteiger partial charge in [-0.3, -0.25) is 4.98 Å². The maximum absolute atomic E-state index is 10.9. The Kier molecular flexibility index (Phi) is 3.34. The number of aromatic carboxylic acids is 1. The van der Waals surface area contributed by atoms with E-state index >= 15 is 0 Å². The monoisotopic (exact) mass is 274 g/mol. The number of carboxylic acids is 1. The molecule has 0 amide bonds. The fraction of sp³-hybridized carbons (Fsp3) is 0.308. The van der Waals surface area contributed by atoms with E-state index in [9.17, 15) is 4.79 Å². The van der Waals surface area contributed by atoms with Gasteiger partial charge in [0.2, 0.25) is 0 Å². The topological polar surface area (TPSA) is 91.3 Å². The third-order valence-electron chi connectivity index (χ3n) is 3.17. The van der Waals surface area contributed by atoms with E-state index in [1.54, 1.807) is 24.7 Å². The Morgan fingerprint density at radius 2 is 2.15 bits per heavy atom. The standard InChI is InChI=1S/C13H14N4O3/c18-13(19)10-5-9(6-15-10)11-7-14-8-12(16-11)17-1-3-20-4-2-17/h5-8,15H,1-4H2,(H,18,19). The third kappa shape index (κ3) is 2.48. The molecule has 2 N–H and O–H groups in total. The quantitative estimate of drug-likeness (QED) is 0.867. The van der Waals surface area contributed by atoms with Gasteiger partial charge >= 0.3 is 5.97 Å². The lowest BCUT2D eigenvalue weighted by Gasteiger charge is -2.27. The molecule has 0 aliphatic carbocycles. The maximum Gasteiger partial charge on any atom is 0.352 e. The van der Waals surface area contributed by atoms with Crippen LogP contribution in [0.4, 0.5) is 5.82 Å². The molecule has 0 aromatic carbocycles.